The molecule has 0 bridgehead atoms. The second kappa shape index (κ2) is 11.3. The molecule has 0 heterocycles. The number of alkyl halides is 3. The molecule has 39 heavy (non-hydrogen) atoms. The van der Waals surface area contributed by atoms with E-state index in [0.29, 0.717) is 4.31 Å². The van der Waals surface area contributed by atoms with Crippen LogP contribution in [0.15, 0.2) is 108 Å². The van der Waals surface area contributed by atoms with Crippen molar-refractivity contribution in [2.75, 3.05) is 10.8 Å². The number of hydrogen-bond donors (Lipinski definition) is 1. The molecule has 5 nitrogen and oxygen atoms in total. The summed E-state index contributed by atoms with van der Waals surface area (Å²) < 4.78 is 68.5. The Morgan fingerprint density at radius 2 is 1.36 bits per heavy atom. The summed E-state index contributed by atoms with van der Waals surface area (Å²) in [6.07, 6.45) is -4.69. The van der Waals surface area contributed by atoms with Crippen LogP contribution in [-0.4, -0.2) is 20.9 Å². The van der Waals surface area contributed by atoms with E-state index in [1.807, 2.05) is 61.5 Å². The van der Waals surface area contributed by atoms with Crippen molar-refractivity contribution in [1.29, 1.82) is 0 Å². The van der Waals surface area contributed by atoms with E-state index >= 15 is 0 Å². The summed E-state index contributed by atoms with van der Waals surface area (Å²) in [6, 6.07) is 25.9. The SMILES string of the molecule is Cc1ccc(C(NC(=O)CN(c2cccc(C(F)(F)F)c2)S(=O)(=O)c2ccc(C)cc2)c2ccccc2)cc1. The first-order valence-electron chi connectivity index (χ1n) is 12.1. The van der Waals surface area contributed by atoms with Crippen LogP contribution in [-0.2, 0) is 21.0 Å². The smallest absolute Gasteiger partial charge is 0.344 e. The van der Waals surface area contributed by atoms with E-state index in [-0.39, 0.29) is 10.6 Å². The number of carbonyl (C=O) groups excluding carboxylic acids is 1. The van der Waals surface area contributed by atoms with E-state index in [2.05, 4.69) is 5.32 Å². The van der Waals surface area contributed by atoms with E-state index in [1.54, 1.807) is 19.1 Å². The highest BCUT2D eigenvalue weighted by molar-refractivity contribution is 7.92. The van der Waals surface area contributed by atoms with Crippen molar-refractivity contribution >= 4 is 21.6 Å². The molecule has 202 valence electrons. The highest BCUT2D eigenvalue weighted by atomic mass is 32.2. The van der Waals surface area contributed by atoms with Crippen LogP contribution in [0.2, 0.25) is 0 Å². The van der Waals surface area contributed by atoms with Crippen molar-refractivity contribution in [2.24, 2.45) is 0 Å². The normalized spacial score (nSPS) is 12.5. The van der Waals surface area contributed by atoms with Gasteiger partial charge >= 0.3 is 6.18 Å². The van der Waals surface area contributed by atoms with E-state index in [4.69, 9.17) is 0 Å². The molecule has 0 saturated carbocycles. The summed E-state index contributed by atoms with van der Waals surface area (Å²) >= 11 is 0. The van der Waals surface area contributed by atoms with Crippen molar-refractivity contribution in [3.8, 4) is 0 Å². The molecule has 0 saturated heterocycles. The lowest BCUT2D eigenvalue weighted by Crippen LogP contribution is -2.42. The molecule has 0 aliphatic rings. The molecular formula is C30H27F3N2O3S. The highest BCUT2D eigenvalue weighted by Crippen LogP contribution is 2.33. The van der Waals surface area contributed by atoms with Gasteiger partial charge in [-0.2, -0.15) is 13.2 Å². The van der Waals surface area contributed by atoms with Gasteiger partial charge in [-0.15, -0.1) is 0 Å². The van der Waals surface area contributed by atoms with Gasteiger partial charge in [-0.05, 0) is 55.3 Å². The Balaban J connectivity index is 1.73. The quantitative estimate of drug-likeness (QED) is 0.274. The molecule has 4 aromatic rings. The van der Waals surface area contributed by atoms with Crippen LogP contribution in [0.25, 0.3) is 0 Å². The number of anilines is 1. The van der Waals surface area contributed by atoms with Crippen LogP contribution in [0.3, 0.4) is 0 Å². The third kappa shape index (κ3) is 6.67. The maximum atomic E-state index is 13.7. The van der Waals surface area contributed by atoms with Gasteiger partial charge in [0.05, 0.1) is 22.2 Å². The van der Waals surface area contributed by atoms with Gasteiger partial charge in [0.2, 0.25) is 5.91 Å². The molecular weight excluding hydrogens is 525 g/mol. The molecule has 1 atom stereocenters. The fourth-order valence-electron chi connectivity index (χ4n) is 4.09. The average molecular weight is 553 g/mol. The zero-order valence-electron chi connectivity index (χ0n) is 21.3. The van der Waals surface area contributed by atoms with Crippen LogP contribution >= 0.6 is 0 Å². The molecule has 0 aliphatic heterocycles. The summed E-state index contributed by atoms with van der Waals surface area (Å²) in [5.74, 6) is -0.683. The first-order chi connectivity index (χ1) is 18.4. The fourth-order valence-corrected chi connectivity index (χ4v) is 5.50. The van der Waals surface area contributed by atoms with Crippen molar-refractivity contribution < 1.29 is 26.4 Å². The van der Waals surface area contributed by atoms with Crippen LogP contribution in [0.5, 0.6) is 0 Å². The van der Waals surface area contributed by atoms with Gasteiger partial charge in [-0.3, -0.25) is 9.10 Å². The van der Waals surface area contributed by atoms with Crippen LogP contribution in [0, 0.1) is 13.8 Å². The number of carbonyl (C=O) groups is 1. The number of hydrogen-bond acceptors (Lipinski definition) is 3. The molecule has 0 fully saturated rings. The van der Waals surface area contributed by atoms with E-state index < -0.39 is 40.3 Å². The van der Waals surface area contributed by atoms with E-state index in [0.717, 1.165) is 40.5 Å². The first-order valence-corrected chi connectivity index (χ1v) is 13.6. The van der Waals surface area contributed by atoms with Gasteiger partial charge in [-0.25, -0.2) is 8.42 Å². The van der Waals surface area contributed by atoms with Gasteiger partial charge in [0.1, 0.15) is 6.54 Å². The van der Waals surface area contributed by atoms with Gasteiger partial charge in [0, 0.05) is 0 Å². The van der Waals surface area contributed by atoms with E-state index in [1.165, 1.54) is 18.2 Å². The summed E-state index contributed by atoms with van der Waals surface area (Å²) in [6.45, 7) is 2.98. The maximum absolute atomic E-state index is 13.7. The monoisotopic (exact) mass is 552 g/mol. The number of sulfonamides is 1. The number of aryl methyl sites for hydroxylation is 2. The number of rotatable bonds is 8. The zero-order valence-corrected chi connectivity index (χ0v) is 22.1. The number of amides is 1. The number of benzene rings is 4. The predicted molar refractivity (Wildman–Crippen MR) is 145 cm³/mol. The minimum absolute atomic E-state index is 0.142. The molecule has 1 amide bonds. The van der Waals surface area contributed by atoms with Crippen LogP contribution < -0.4 is 9.62 Å². The largest absolute Gasteiger partial charge is 0.416 e. The number of nitrogens with one attached hydrogen (secondary N) is 1. The summed E-state index contributed by atoms with van der Waals surface area (Å²) in [7, 11) is -4.39. The second-order valence-electron chi connectivity index (χ2n) is 9.19. The Kier molecular flexibility index (Phi) is 8.11. The minimum atomic E-state index is -4.69. The average Bonchev–Trinajstić information content (AvgIpc) is 2.91. The van der Waals surface area contributed by atoms with Crippen molar-refractivity contribution in [3.63, 3.8) is 0 Å². The van der Waals surface area contributed by atoms with Crippen molar-refractivity contribution in [1.82, 2.24) is 5.32 Å². The van der Waals surface area contributed by atoms with Crippen LogP contribution in [0.1, 0.15) is 33.9 Å². The second-order valence-corrected chi connectivity index (χ2v) is 11.1. The highest BCUT2D eigenvalue weighted by Gasteiger charge is 2.33. The standard InChI is InChI=1S/C30H27F3N2O3S/c1-21-11-15-24(16-12-21)29(23-7-4-3-5-8-23)34-28(36)20-35(26-10-6-9-25(19-26)30(31,32)33)39(37,38)27-17-13-22(2)14-18-27/h3-19,29H,20H2,1-2H3,(H,34,36). The zero-order chi connectivity index (χ0) is 28.2. The van der Waals surface area contributed by atoms with Gasteiger partial charge < -0.3 is 5.32 Å². The van der Waals surface area contributed by atoms with Crippen molar-refractivity contribution in [3.05, 3.63) is 131 Å². The maximum Gasteiger partial charge on any atom is 0.416 e. The minimum Gasteiger partial charge on any atom is -0.344 e. The number of halogens is 3. The molecule has 1 N–H and O–H groups in total. The Morgan fingerprint density at radius 1 is 0.795 bits per heavy atom. The lowest BCUT2D eigenvalue weighted by atomic mass is 9.98. The summed E-state index contributed by atoms with van der Waals surface area (Å²) in [4.78, 5) is 13.3. The van der Waals surface area contributed by atoms with E-state index in [9.17, 15) is 26.4 Å². The molecule has 4 aromatic carbocycles. The molecule has 0 spiro atoms. The summed E-state index contributed by atoms with van der Waals surface area (Å²) in [5.41, 5.74) is 2.07. The van der Waals surface area contributed by atoms with Crippen molar-refractivity contribution in [2.45, 2.75) is 31.0 Å². The summed E-state index contributed by atoms with van der Waals surface area (Å²) in [5, 5.41) is 2.88. The molecule has 0 aromatic heterocycles. The van der Waals surface area contributed by atoms with Gasteiger partial charge in [0.15, 0.2) is 0 Å². The molecule has 9 heteroatoms. The third-order valence-electron chi connectivity index (χ3n) is 6.21. The molecule has 4 rings (SSSR count). The Labute approximate surface area is 226 Å². The fraction of sp³-hybridized carbons (Fsp3) is 0.167. The lowest BCUT2D eigenvalue weighted by molar-refractivity contribution is -0.137. The number of nitrogens with zero attached hydrogens (tertiary/aromatic N) is 1. The van der Waals surface area contributed by atoms with Gasteiger partial charge in [0.25, 0.3) is 10.0 Å². The topological polar surface area (TPSA) is 66.5 Å². The Bertz CT molecular complexity index is 1540. The Hall–Kier alpha value is -4.11. The molecule has 1 unspecified atom stereocenters. The lowest BCUT2D eigenvalue weighted by Gasteiger charge is -2.27. The first kappa shape index (κ1) is 27.9. The molecule has 0 radical (unpaired) electrons. The predicted octanol–water partition coefficient (Wildman–Crippen LogP) is 6.42. The van der Waals surface area contributed by atoms with Gasteiger partial charge in [-0.1, -0.05) is 83.9 Å². The Morgan fingerprint density at radius 3 is 1.95 bits per heavy atom. The third-order valence-corrected chi connectivity index (χ3v) is 7.99. The van der Waals surface area contributed by atoms with Crippen LogP contribution in [0.4, 0.5) is 18.9 Å². The molecule has 0 aliphatic carbocycles.